The molecule has 65 heavy (non-hydrogen) atoms. The molecule has 6 atom stereocenters. The highest BCUT2D eigenvalue weighted by Crippen LogP contribution is 2.48. The standard InChI is InChI=1S/C50H94O11Si4/c1-26-65(27-2,28-3)61-43-32-44(56-36(7)52)57-42(50(43,17)18)31-38(55-35(6)51)34(5)39(58-62(20,21)47(8,9)10)29-37-33(4)40(59-63(22,23)48(11,12)13)30-41(45(37)46(53)54-19)60-64(24,25)49(14,15)16/h30,34,38-39,42-44H,26-29,31-32H2,1-25H3/t34-,38+,39-,42-,43-,44?/m1/s1. The molecule has 0 N–H and O–H groups in total. The Morgan fingerprint density at radius 2 is 1.25 bits per heavy atom. The molecule has 0 spiro atoms. The Kier molecular flexibility index (Phi) is 19.8. The van der Waals surface area contributed by atoms with Crippen LogP contribution >= 0.6 is 0 Å². The van der Waals surface area contributed by atoms with Crippen LogP contribution in [0.25, 0.3) is 0 Å². The molecule has 15 heteroatoms. The Bertz CT molecular complexity index is 1780. The second kappa shape index (κ2) is 21.7. The third-order valence-corrected chi connectivity index (χ3v) is 33.8. The summed E-state index contributed by atoms with van der Waals surface area (Å²) < 4.78 is 53.4. The molecule has 1 unspecified atom stereocenters. The highest BCUT2D eigenvalue weighted by atomic mass is 28.4. The first-order valence-corrected chi connectivity index (χ1v) is 35.5. The number of carbonyl (C=O) groups excluding carboxylic acids is 3. The lowest BCUT2D eigenvalue weighted by molar-refractivity contribution is -0.254. The summed E-state index contributed by atoms with van der Waals surface area (Å²) in [5, 5.41) is -0.468. The average molecular weight is 984 g/mol. The van der Waals surface area contributed by atoms with E-state index in [-0.39, 0.29) is 27.6 Å². The summed E-state index contributed by atoms with van der Waals surface area (Å²) in [6.07, 6.45) is -1.91. The summed E-state index contributed by atoms with van der Waals surface area (Å²) in [5.41, 5.74) is 1.34. The number of ether oxygens (including phenoxy) is 4. The van der Waals surface area contributed by atoms with E-state index >= 15 is 0 Å². The van der Waals surface area contributed by atoms with Gasteiger partial charge in [0.1, 0.15) is 23.2 Å². The zero-order chi connectivity index (χ0) is 50.7. The summed E-state index contributed by atoms with van der Waals surface area (Å²) in [7, 11) is -8.22. The number of hydrogen-bond acceptors (Lipinski definition) is 11. The van der Waals surface area contributed by atoms with E-state index in [2.05, 4.69) is 143 Å². The molecule has 0 radical (unpaired) electrons. The average Bonchev–Trinajstić information content (AvgIpc) is 3.14. The quantitative estimate of drug-likeness (QED) is 0.0704. The molecule has 0 saturated carbocycles. The van der Waals surface area contributed by atoms with Crippen LogP contribution < -0.4 is 8.85 Å². The van der Waals surface area contributed by atoms with E-state index in [1.54, 1.807) is 0 Å². The Hall–Kier alpha value is -2.02. The van der Waals surface area contributed by atoms with Crippen molar-refractivity contribution in [1.29, 1.82) is 0 Å². The van der Waals surface area contributed by atoms with Crippen LogP contribution in [0.3, 0.4) is 0 Å². The van der Waals surface area contributed by atoms with Crippen LogP contribution in [0.5, 0.6) is 11.5 Å². The molecular weight excluding hydrogens is 889 g/mol. The van der Waals surface area contributed by atoms with Crippen LogP contribution in [-0.2, 0) is 43.8 Å². The van der Waals surface area contributed by atoms with Gasteiger partial charge in [0, 0.05) is 44.1 Å². The van der Waals surface area contributed by atoms with Crippen molar-refractivity contribution >= 4 is 51.2 Å². The molecule has 1 fully saturated rings. The summed E-state index contributed by atoms with van der Waals surface area (Å²) in [5.74, 6) is -0.666. The second-order valence-corrected chi connectivity index (χ2v) is 42.9. The van der Waals surface area contributed by atoms with Gasteiger partial charge in [-0.3, -0.25) is 9.59 Å². The molecule has 0 aliphatic carbocycles. The number of hydrogen-bond donors (Lipinski definition) is 0. The van der Waals surface area contributed by atoms with Crippen molar-refractivity contribution in [3.8, 4) is 11.5 Å². The maximum Gasteiger partial charge on any atom is 0.341 e. The number of rotatable bonds is 20. The Labute approximate surface area is 400 Å². The lowest BCUT2D eigenvalue weighted by atomic mass is 9.74. The van der Waals surface area contributed by atoms with Gasteiger partial charge in [-0.05, 0) is 97.0 Å². The molecule has 0 bridgehead atoms. The van der Waals surface area contributed by atoms with Gasteiger partial charge in [-0.1, -0.05) is 104 Å². The first kappa shape index (κ1) is 59.1. The number of benzene rings is 1. The van der Waals surface area contributed by atoms with Crippen LogP contribution in [-0.4, -0.2) is 89.0 Å². The van der Waals surface area contributed by atoms with E-state index in [1.165, 1.54) is 21.0 Å². The zero-order valence-electron chi connectivity index (χ0n) is 45.8. The van der Waals surface area contributed by atoms with E-state index in [1.807, 2.05) is 13.0 Å². The highest BCUT2D eigenvalue weighted by molar-refractivity contribution is 6.75. The molecule has 1 saturated heterocycles. The number of methoxy groups -OCH3 is 1. The topological polar surface area (TPSA) is 125 Å². The molecule has 376 valence electrons. The van der Waals surface area contributed by atoms with Gasteiger partial charge in [0.05, 0.1) is 25.4 Å². The summed E-state index contributed by atoms with van der Waals surface area (Å²) in [6, 6.07) is 4.81. The van der Waals surface area contributed by atoms with E-state index in [9.17, 15) is 14.4 Å². The zero-order valence-corrected chi connectivity index (χ0v) is 49.8. The lowest BCUT2D eigenvalue weighted by Gasteiger charge is -2.51. The number of esters is 3. The summed E-state index contributed by atoms with van der Waals surface area (Å²) >= 11 is 0. The van der Waals surface area contributed by atoms with Gasteiger partial charge in [-0.15, -0.1) is 0 Å². The minimum atomic E-state index is -2.56. The molecule has 1 aromatic rings. The third kappa shape index (κ3) is 14.5. The van der Waals surface area contributed by atoms with Crippen molar-refractivity contribution in [2.24, 2.45) is 11.3 Å². The molecular formula is C50H94O11Si4. The predicted octanol–water partition coefficient (Wildman–Crippen LogP) is 13.5. The molecule has 11 nitrogen and oxygen atoms in total. The Balaban J connectivity index is 3.05. The molecule has 1 aliphatic rings. The van der Waals surface area contributed by atoms with Gasteiger partial charge in [0.15, 0.2) is 16.6 Å². The van der Waals surface area contributed by atoms with E-state index in [0.29, 0.717) is 29.9 Å². The number of carbonyl (C=O) groups is 3. The van der Waals surface area contributed by atoms with Crippen molar-refractivity contribution in [3.05, 3.63) is 22.8 Å². The van der Waals surface area contributed by atoms with Crippen molar-refractivity contribution in [2.45, 2.75) is 247 Å². The van der Waals surface area contributed by atoms with Crippen LogP contribution in [0.15, 0.2) is 6.07 Å². The van der Waals surface area contributed by atoms with Crippen LogP contribution in [0, 0.1) is 18.3 Å². The van der Waals surface area contributed by atoms with Crippen molar-refractivity contribution in [1.82, 2.24) is 0 Å². The van der Waals surface area contributed by atoms with Crippen LogP contribution in [0.4, 0.5) is 0 Å². The molecule has 0 aromatic heterocycles. The second-order valence-electron chi connectivity index (χ2n) is 24.0. The van der Waals surface area contributed by atoms with Crippen molar-refractivity contribution < 1.29 is 51.0 Å². The van der Waals surface area contributed by atoms with Gasteiger partial charge < -0.3 is 36.7 Å². The van der Waals surface area contributed by atoms with E-state index in [0.717, 1.165) is 29.3 Å². The normalized spacial score (nSPS) is 20.4. The molecule has 1 aliphatic heterocycles. The highest BCUT2D eigenvalue weighted by Gasteiger charge is 2.52. The van der Waals surface area contributed by atoms with Gasteiger partial charge in [0.25, 0.3) is 8.32 Å². The third-order valence-electron chi connectivity index (χ3n) is 16.0. The van der Waals surface area contributed by atoms with Crippen LogP contribution in [0.1, 0.15) is 152 Å². The fourth-order valence-corrected chi connectivity index (χ4v) is 14.3. The minimum Gasteiger partial charge on any atom is -0.543 e. The molecule has 1 aromatic carbocycles. The molecule has 1 heterocycles. The Morgan fingerprint density at radius 1 is 0.769 bits per heavy atom. The monoisotopic (exact) mass is 983 g/mol. The maximum atomic E-state index is 14.3. The smallest absolute Gasteiger partial charge is 0.341 e. The van der Waals surface area contributed by atoms with Crippen LogP contribution in [0.2, 0.25) is 72.5 Å². The largest absolute Gasteiger partial charge is 0.543 e. The molecule has 2 rings (SSSR count). The predicted molar refractivity (Wildman–Crippen MR) is 274 cm³/mol. The van der Waals surface area contributed by atoms with Gasteiger partial charge in [-0.25, -0.2) is 4.79 Å². The van der Waals surface area contributed by atoms with Crippen molar-refractivity contribution in [2.75, 3.05) is 7.11 Å². The van der Waals surface area contributed by atoms with Gasteiger partial charge in [-0.2, -0.15) is 0 Å². The Morgan fingerprint density at radius 3 is 1.66 bits per heavy atom. The van der Waals surface area contributed by atoms with E-state index < -0.39 is 87.1 Å². The SMILES string of the molecule is CC[Si](CC)(CC)O[C@@H]1CC(OC(C)=O)O[C@H](C[C@H](OC(C)=O)[C@@H](C)[C@@H](Cc2c(C)c(O[Si](C)(C)C(C)(C)C)cc(O[Si](C)(C)C(C)(C)C)c2C(=O)OC)O[Si](C)(C)C(C)(C)C)C1(C)C. The fraction of sp³-hybridized carbons (Fsp3) is 0.820. The van der Waals surface area contributed by atoms with Crippen molar-refractivity contribution in [3.63, 3.8) is 0 Å². The first-order valence-electron chi connectivity index (χ1n) is 24.2. The lowest BCUT2D eigenvalue weighted by Crippen LogP contribution is -2.57. The van der Waals surface area contributed by atoms with Gasteiger partial charge >= 0.3 is 17.9 Å². The summed E-state index contributed by atoms with van der Waals surface area (Å²) in [6.45, 7) is 50.8. The first-order chi connectivity index (χ1) is 29.3. The molecule has 0 amide bonds. The maximum absolute atomic E-state index is 14.3. The van der Waals surface area contributed by atoms with Gasteiger partial charge in [0.2, 0.25) is 14.6 Å². The fourth-order valence-electron chi connectivity index (χ4n) is 7.75. The minimum absolute atomic E-state index is 0.110. The summed E-state index contributed by atoms with van der Waals surface area (Å²) in [4.78, 5) is 40.0. The van der Waals surface area contributed by atoms with E-state index in [4.69, 9.17) is 36.7 Å².